The monoisotopic (exact) mass is 690 g/mol. The second-order valence-corrected chi connectivity index (χ2v) is 13.5. The predicted octanol–water partition coefficient (Wildman–Crippen LogP) is 14.8. The third-order valence-electron chi connectivity index (χ3n) is 9.99. The van der Waals surface area contributed by atoms with Crippen molar-refractivity contribution in [3.63, 3.8) is 0 Å². The van der Waals surface area contributed by atoms with Gasteiger partial charge in [0.1, 0.15) is 0 Å². The number of rotatable bonds is 9. The number of anilines is 6. The highest BCUT2D eigenvalue weighted by Crippen LogP contribution is 2.40. The summed E-state index contributed by atoms with van der Waals surface area (Å²) < 4.78 is 0. The van der Waals surface area contributed by atoms with Crippen molar-refractivity contribution in [1.82, 2.24) is 0 Å². The van der Waals surface area contributed by atoms with Crippen molar-refractivity contribution in [2.75, 3.05) is 9.80 Å². The minimum atomic E-state index is 1.11. The van der Waals surface area contributed by atoms with E-state index in [-0.39, 0.29) is 0 Å². The van der Waals surface area contributed by atoms with Gasteiger partial charge in [0.25, 0.3) is 0 Å². The van der Waals surface area contributed by atoms with Crippen LogP contribution in [0.3, 0.4) is 0 Å². The standard InChI is InChI=1S/C52H38N2/c1-5-15-39(16-6-1)42-19-13-25-50(36-42)53(47-21-9-3-10-22-47)49-32-29-41(30-33-49)44-27-28-46-38-52(34-31-45(46)35-44)54(48-23-11-4-12-24-48)51-26-14-20-43(37-51)40-17-7-2-8-18-40/h1-38H. The predicted molar refractivity (Wildman–Crippen MR) is 230 cm³/mol. The molecular formula is C52H38N2. The first-order chi connectivity index (χ1) is 26.8. The van der Waals surface area contributed by atoms with E-state index >= 15 is 0 Å². The van der Waals surface area contributed by atoms with Crippen molar-refractivity contribution in [2.24, 2.45) is 0 Å². The van der Waals surface area contributed by atoms with E-state index in [0.29, 0.717) is 0 Å². The van der Waals surface area contributed by atoms with Crippen LogP contribution in [-0.2, 0) is 0 Å². The Morgan fingerprint density at radius 2 is 0.500 bits per heavy atom. The summed E-state index contributed by atoms with van der Waals surface area (Å²) in [6.45, 7) is 0. The van der Waals surface area contributed by atoms with Gasteiger partial charge in [-0.2, -0.15) is 0 Å². The highest BCUT2D eigenvalue weighted by atomic mass is 15.1. The molecule has 0 aliphatic heterocycles. The Bertz CT molecular complexity index is 2640. The quantitative estimate of drug-likeness (QED) is 0.149. The van der Waals surface area contributed by atoms with E-state index < -0.39 is 0 Å². The van der Waals surface area contributed by atoms with Gasteiger partial charge < -0.3 is 9.80 Å². The SMILES string of the molecule is c1ccc(-c2cccc(N(c3ccccc3)c3ccc(-c4ccc5cc(N(c6ccccc6)c6cccc(-c7ccccc7)c6)ccc5c4)cc3)c2)cc1. The maximum Gasteiger partial charge on any atom is 0.0468 e. The van der Waals surface area contributed by atoms with E-state index in [1.165, 1.54) is 44.2 Å². The molecule has 2 heteroatoms. The summed E-state index contributed by atoms with van der Waals surface area (Å²) in [7, 11) is 0. The number of nitrogens with zero attached hydrogens (tertiary/aromatic N) is 2. The minimum Gasteiger partial charge on any atom is -0.310 e. The molecule has 0 unspecified atom stereocenters. The maximum absolute atomic E-state index is 2.34. The summed E-state index contributed by atoms with van der Waals surface area (Å²) in [5.74, 6) is 0. The smallest absolute Gasteiger partial charge is 0.0468 e. The molecule has 9 aromatic rings. The van der Waals surface area contributed by atoms with E-state index in [0.717, 1.165) is 34.1 Å². The maximum atomic E-state index is 2.34. The molecule has 0 amide bonds. The van der Waals surface area contributed by atoms with Crippen LogP contribution in [-0.4, -0.2) is 0 Å². The Kier molecular flexibility index (Phi) is 8.99. The van der Waals surface area contributed by atoms with E-state index in [4.69, 9.17) is 0 Å². The van der Waals surface area contributed by atoms with Gasteiger partial charge in [-0.1, -0.05) is 152 Å². The number of fused-ring (bicyclic) bond motifs is 1. The Labute approximate surface area is 317 Å². The molecule has 0 bridgehead atoms. The van der Waals surface area contributed by atoms with Crippen LogP contribution in [0.5, 0.6) is 0 Å². The van der Waals surface area contributed by atoms with Gasteiger partial charge in [0.2, 0.25) is 0 Å². The van der Waals surface area contributed by atoms with Gasteiger partial charge in [-0.3, -0.25) is 0 Å². The van der Waals surface area contributed by atoms with Crippen LogP contribution >= 0.6 is 0 Å². The molecule has 0 aliphatic carbocycles. The molecule has 0 aliphatic rings. The summed E-state index contributed by atoms with van der Waals surface area (Å²) >= 11 is 0. The largest absolute Gasteiger partial charge is 0.310 e. The first-order valence-corrected chi connectivity index (χ1v) is 18.4. The Morgan fingerprint density at radius 1 is 0.185 bits per heavy atom. The zero-order valence-corrected chi connectivity index (χ0v) is 29.8. The molecule has 0 aromatic heterocycles. The summed E-state index contributed by atoms with van der Waals surface area (Å²) in [5, 5.41) is 2.40. The molecule has 54 heavy (non-hydrogen) atoms. The molecule has 9 rings (SSSR count). The first-order valence-electron chi connectivity index (χ1n) is 18.4. The molecule has 0 fully saturated rings. The third kappa shape index (κ3) is 6.77. The molecular weight excluding hydrogens is 653 g/mol. The molecule has 0 atom stereocenters. The molecule has 256 valence electrons. The van der Waals surface area contributed by atoms with Gasteiger partial charge >= 0.3 is 0 Å². The highest BCUT2D eigenvalue weighted by Gasteiger charge is 2.16. The first kappa shape index (κ1) is 32.7. The fourth-order valence-electron chi connectivity index (χ4n) is 7.31. The van der Waals surface area contributed by atoms with Crippen LogP contribution in [0.1, 0.15) is 0 Å². The summed E-state index contributed by atoms with van der Waals surface area (Å²) in [6.07, 6.45) is 0. The van der Waals surface area contributed by atoms with Crippen molar-refractivity contribution in [3.8, 4) is 33.4 Å². The fraction of sp³-hybridized carbons (Fsp3) is 0. The van der Waals surface area contributed by atoms with Crippen LogP contribution in [0.2, 0.25) is 0 Å². The van der Waals surface area contributed by atoms with Gasteiger partial charge in [-0.05, 0) is 123 Å². The van der Waals surface area contributed by atoms with Gasteiger partial charge in [0, 0.05) is 34.1 Å². The average molecular weight is 691 g/mol. The second kappa shape index (κ2) is 14.8. The molecule has 9 aromatic carbocycles. The van der Waals surface area contributed by atoms with Crippen LogP contribution in [0.4, 0.5) is 34.1 Å². The number of hydrogen-bond donors (Lipinski definition) is 0. The molecule has 0 saturated heterocycles. The Morgan fingerprint density at radius 3 is 1.04 bits per heavy atom. The van der Waals surface area contributed by atoms with Crippen LogP contribution < -0.4 is 9.80 Å². The van der Waals surface area contributed by atoms with Crippen molar-refractivity contribution in [1.29, 1.82) is 0 Å². The van der Waals surface area contributed by atoms with Crippen LogP contribution in [0.15, 0.2) is 231 Å². The number of para-hydroxylation sites is 2. The lowest BCUT2D eigenvalue weighted by Crippen LogP contribution is -2.10. The molecule has 0 N–H and O–H groups in total. The Balaban J connectivity index is 1.04. The van der Waals surface area contributed by atoms with E-state index in [9.17, 15) is 0 Å². The van der Waals surface area contributed by atoms with Crippen molar-refractivity contribution in [3.05, 3.63) is 231 Å². The van der Waals surface area contributed by atoms with Gasteiger partial charge in [-0.15, -0.1) is 0 Å². The summed E-state index contributed by atoms with van der Waals surface area (Å²) in [4.78, 5) is 4.67. The lowest BCUT2D eigenvalue weighted by atomic mass is 9.99. The summed E-state index contributed by atoms with van der Waals surface area (Å²) in [5.41, 5.74) is 13.9. The third-order valence-corrected chi connectivity index (χ3v) is 9.99. The Hall–Kier alpha value is -7.16. The second-order valence-electron chi connectivity index (χ2n) is 13.5. The normalized spacial score (nSPS) is 11.0. The topological polar surface area (TPSA) is 6.48 Å². The zero-order valence-electron chi connectivity index (χ0n) is 29.8. The molecule has 2 nitrogen and oxygen atoms in total. The molecule has 0 saturated carbocycles. The highest BCUT2D eigenvalue weighted by molar-refractivity contribution is 5.93. The fourth-order valence-corrected chi connectivity index (χ4v) is 7.31. The van der Waals surface area contributed by atoms with Crippen LogP contribution in [0.25, 0.3) is 44.2 Å². The van der Waals surface area contributed by atoms with E-state index in [1.54, 1.807) is 0 Å². The molecule has 0 radical (unpaired) electrons. The van der Waals surface area contributed by atoms with Crippen molar-refractivity contribution in [2.45, 2.75) is 0 Å². The zero-order chi connectivity index (χ0) is 36.1. The van der Waals surface area contributed by atoms with Gasteiger partial charge in [0.05, 0.1) is 0 Å². The lowest BCUT2D eigenvalue weighted by molar-refractivity contribution is 1.28. The van der Waals surface area contributed by atoms with E-state index in [2.05, 4.69) is 240 Å². The average Bonchev–Trinajstić information content (AvgIpc) is 3.25. The summed E-state index contributed by atoms with van der Waals surface area (Å²) in [6, 6.07) is 82.4. The minimum absolute atomic E-state index is 1.11. The molecule has 0 spiro atoms. The number of benzene rings is 9. The molecule has 0 heterocycles. The number of hydrogen-bond acceptors (Lipinski definition) is 2. The van der Waals surface area contributed by atoms with Crippen molar-refractivity contribution >= 4 is 44.9 Å². The van der Waals surface area contributed by atoms with Crippen molar-refractivity contribution < 1.29 is 0 Å². The van der Waals surface area contributed by atoms with Gasteiger partial charge in [-0.25, -0.2) is 0 Å². The lowest BCUT2D eigenvalue weighted by Gasteiger charge is -2.26. The van der Waals surface area contributed by atoms with Crippen LogP contribution in [0, 0.1) is 0 Å². The van der Waals surface area contributed by atoms with Gasteiger partial charge in [0.15, 0.2) is 0 Å². The van der Waals surface area contributed by atoms with E-state index in [1.807, 2.05) is 0 Å².